The van der Waals surface area contributed by atoms with Crippen molar-refractivity contribution in [3.63, 3.8) is 0 Å². The fourth-order valence-electron chi connectivity index (χ4n) is 5.81. The summed E-state index contributed by atoms with van der Waals surface area (Å²) in [5, 5.41) is 14.2. The van der Waals surface area contributed by atoms with Crippen LogP contribution in [0.25, 0.3) is 44.8 Å². The van der Waals surface area contributed by atoms with E-state index in [2.05, 4.69) is 30.6 Å². The first-order chi connectivity index (χ1) is 28.9. The van der Waals surface area contributed by atoms with Crippen molar-refractivity contribution in [2.24, 2.45) is 0 Å². The van der Waals surface area contributed by atoms with Crippen molar-refractivity contribution in [3.05, 3.63) is 131 Å². The summed E-state index contributed by atoms with van der Waals surface area (Å²) in [7, 11) is 0. The minimum Gasteiger partial charge on any atom is -0.394 e. The molecule has 0 saturated heterocycles. The summed E-state index contributed by atoms with van der Waals surface area (Å²) in [6, 6.07) is 12.8. The standard InChI is InChI=1S/C22H20F4N4O.C21H18F4N4O2/c1-21(2,3)30-20(31)16-9-13(22(24,25)26)5-7-14(16)12-4-6-15(17(23)8-12)18-10-29-19(27)11-28-18;1-11(10-30)29-20(31)16-7-13(21(23,24)25)3-5-14(16)12-2-4-15(17(22)6-12)18-8-28-19(26)9-27-18/h4-11H,1-3H3,(H2,27,29)(H,30,31);2-9,11,30H,10H2,1H3,(H2,26,28)(H,29,31)/t;11-/m.1/s1. The van der Waals surface area contributed by atoms with Gasteiger partial charge in [0, 0.05) is 33.8 Å². The Morgan fingerprint density at radius 1 is 0.613 bits per heavy atom. The summed E-state index contributed by atoms with van der Waals surface area (Å²) >= 11 is 0. The Morgan fingerprint density at radius 3 is 1.35 bits per heavy atom. The molecule has 0 aliphatic rings. The Morgan fingerprint density at radius 2 is 1.02 bits per heavy atom. The number of benzene rings is 4. The zero-order valence-corrected chi connectivity index (χ0v) is 33.3. The van der Waals surface area contributed by atoms with Gasteiger partial charge in [0.1, 0.15) is 23.3 Å². The van der Waals surface area contributed by atoms with Crippen LogP contribution in [0.5, 0.6) is 0 Å². The second kappa shape index (κ2) is 18.3. The fourth-order valence-corrected chi connectivity index (χ4v) is 5.81. The number of nitrogens with two attached hydrogens (primary N) is 2. The van der Waals surface area contributed by atoms with Crippen LogP contribution in [0.3, 0.4) is 0 Å². The number of alkyl halides is 6. The molecule has 0 fully saturated rings. The van der Waals surface area contributed by atoms with Crippen LogP contribution in [-0.2, 0) is 12.4 Å². The molecule has 2 amide bonds. The highest BCUT2D eigenvalue weighted by atomic mass is 19.4. The Hall–Kier alpha value is -7.02. The highest BCUT2D eigenvalue weighted by molar-refractivity contribution is 6.02. The first-order valence-corrected chi connectivity index (χ1v) is 18.4. The van der Waals surface area contributed by atoms with Gasteiger partial charge in [-0.2, -0.15) is 26.3 Å². The number of halogens is 8. The van der Waals surface area contributed by atoms with Crippen molar-refractivity contribution in [3.8, 4) is 44.8 Å². The predicted octanol–water partition coefficient (Wildman–Crippen LogP) is 8.74. The monoisotopic (exact) mass is 866 g/mol. The molecule has 4 aromatic carbocycles. The molecule has 0 radical (unpaired) electrons. The van der Waals surface area contributed by atoms with Gasteiger partial charge in [0.05, 0.1) is 53.9 Å². The zero-order chi connectivity index (χ0) is 45.7. The van der Waals surface area contributed by atoms with Crippen molar-refractivity contribution < 1.29 is 49.8 Å². The van der Waals surface area contributed by atoms with Gasteiger partial charge in [0.25, 0.3) is 11.8 Å². The van der Waals surface area contributed by atoms with E-state index in [0.29, 0.717) is 6.07 Å². The smallest absolute Gasteiger partial charge is 0.394 e. The van der Waals surface area contributed by atoms with Crippen molar-refractivity contribution in [2.45, 2.75) is 51.6 Å². The molecule has 7 N–H and O–H groups in total. The maximum Gasteiger partial charge on any atom is 0.416 e. The highest BCUT2D eigenvalue weighted by Gasteiger charge is 2.33. The molecule has 324 valence electrons. The molecule has 2 aromatic heterocycles. The molecule has 0 unspecified atom stereocenters. The lowest BCUT2D eigenvalue weighted by molar-refractivity contribution is -0.138. The topological polar surface area (TPSA) is 182 Å². The molecule has 6 rings (SSSR count). The van der Waals surface area contributed by atoms with Crippen LogP contribution >= 0.6 is 0 Å². The van der Waals surface area contributed by atoms with E-state index < -0.39 is 65.1 Å². The zero-order valence-electron chi connectivity index (χ0n) is 33.3. The molecule has 62 heavy (non-hydrogen) atoms. The lowest BCUT2D eigenvalue weighted by Gasteiger charge is -2.22. The minimum absolute atomic E-state index is 0.101. The van der Waals surface area contributed by atoms with Crippen molar-refractivity contribution in [1.29, 1.82) is 0 Å². The number of anilines is 2. The Balaban J connectivity index is 0.000000234. The Kier molecular flexibility index (Phi) is 13.6. The van der Waals surface area contributed by atoms with Gasteiger partial charge in [-0.25, -0.2) is 18.7 Å². The molecule has 6 aromatic rings. The summed E-state index contributed by atoms with van der Waals surface area (Å²) in [4.78, 5) is 41.1. The molecule has 1 atom stereocenters. The molecule has 0 bridgehead atoms. The fraction of sp³-hybridized carbons (Fsp3) is 0.209. The summed E-state index contributed by atoms with van der Waals surface area (Å²) in [5.74, 6) is -2.54. The van der Waals surface area contributed by atoms with Crippen LogP contribution in [0, 0.1) is 11.6 Å². The van der Waals surface area contributed by atoms with E-state index in [1.807, 2.05) is 0 Å². The number of nitrogens with one attached hydrogen (secondary N) is 2. The maximum absolute atomic E-state index is 14.8. The van der Waals surface area contributed by atoms with Crippen molar-refractivity contribution >= 4 is 23.5 Å². The molecule has 0 saturated carbocycles. The first kappa shape index (κ1) is 46.1. The van der Waals surface area contributed by atoms with Crippen LogP contribution in [0.2, 0.25) is 0 Å². The molecule has 0 aliphatic carbocycles. The number of aromatic nitrogens is 4. The third-order valence-electron chi connectivity index (χ3n) is 8.78. The molecular formula is C43H38F8N8O3. The van der Waals surface area contributed by atoms with Crippen LogP contribution in [0.1, 0.15) is 59.5 Å². The second-order valence-electron chi connectivity index (χ2n) is 14.8. The Bertz CT molecular complexity index is 2580. The molecule has 2 heterocycles. The first-order valence-electron chi connectivity index (χ1n) is 18.4. The van der Waals surface area contributed by atoms with Gasteiger partial charge in [-0.15, -0.1) is 0 Å². The second-order valence-corrected chi connectivity index (χ2v) is 14.8. The van der Waals surface area contributed by atoms with Gasteiger partial charge in [0.15, 0.2) is 0 Å². The van der Waals surface area contributed by atoms with E-state index in [1.165, 1.54) is 56.0 Å². The maximum atomic E-state index is 14.8. The van der Waals surface area contributed by atoms with E-state index in [4.69, 9.17) is 16.6 Å². The van der Waals surface area contributed by atoms with E-state index in [-0.39, 0.29) is 67.5 Å². The van der Waals surface area contributed by atoms with Crippen molar-refractivity contribution in [2.75, 3.05) is 18.1 Å². The van der Waals surface area contributed by atoms with E-state index >= 15 is 0 Å². The number of carbonyl (C=O) groups excluding carboxylic acids is 2. The number of carbonyl (C=O) groups is 2. The normalized spacial score (nSPS) is 12.2. The lowest BCUT2D eigenvalue weighted by atomic mass is 9.94. The Labute approximate surface area is 349 Å². The quantitative estimate of drug-likeness (QED) is 0.0935. The van der Waals surface area contributed by atoms with Gasteiger partial charge in [-0.1, -0.05) is 24.3 Å². The van der Waals surface area contributed by atoms with Gasteiger partial charge in [-0.05, 0) is 98.5 Å². The molecule has 0 spiro atoms. The van der Waals surface area contributed by atoms with Crippen LogP contribution in [0.4, 0.5) is 46.8 Å². The summed E-state index contributed by atoms with van der Waals surface area (Å²) in [6.45, 7) is 6.22. The molecule has 19 heteroatoms. The average Bonchev–Trinajstić information content (AvgIpc) is 3.20. The highest BCUT2D eigenvalue weighted by Crippen LogP contribution is 2.37. The van der Waals surface area contributed by atoms with Gasteiger partial charge in [0.2, 0.25) is 0 Å². The number of nitrogens with zero attached hydrogens (tertiary/aromatic N) is 4. The van der Waals surface area contributed by atoms with Crippen molar-refractivity contribution in [1.82, 2.24) is 30.6 Å². The van der Waals surface area contributed by atoms with Gasteiger partial charge < -0.3 is 27.2 Å². The lowest BCUT2D eigenvalue weighted by Crippen LogP contribution is -2.40. The molecular weight excluding hydrogens is 829 g/mol. The number of amides is 2. The third-order valence-corrected chi connectivity index (χ3v) is 8.78. The number of nitrogen functional groups attached to an aromatic ring is 2. The summed E-state index contributed by atoms with van der Waals surface area (Å²) in [5.41, 5.74) is 9.24. The SMILES string of the molecule is CC(C)(C)NC(=O)c1cc(C(F)(F)F)ccc1-c1ccc(-c2cnc(N)cn2)c(F)c1.C[C@H](CO)NC(=O)c1cc(C(F)(F)F)ccc1-c1ccc(-c2cnc(N)cn2)c(F)c1. The van der Waals surface area contributed by atoms with E-state index in [9.17, 15) is 44.7 Å². The van der Waals surface area contributed by atoms with Crippen LogP contribution in [0.15, 0.2) is 97.6 Å². The van der Waals surface area contributed by atoms with E-state index in [1.54, 1.807) is 20.8 Å². The van der Waals surface area contributed by atoms with Gasteiger partial charge in [-0.3, -0.25) is 19.6 Å². The number of rotatable bonds is 8. The number of hydrogen-bond acceptors (Lipinski definition) is 9. The summed E-state index contributed by atoms with van der Waals surface area (Å²) in [6.07, 6.45) is -4.14. The average molecular weight is 867 g/mol. The van der Waals surface area contributed by atoms with E-state index in [0.717, 1.165) is 42.5 Å². The minimum atomic E-state index is -4.67. The van der Waals surface area contributed by atoms with Crippen LogP contribution in [-0.4, -0.2) is 55.0 Å². The summed E-state index contributed by atoms with van der Waals surface area (Å²) < 4.78 is 109. The third kappa shape index (κ3) is 11.4. The number of hydrogen-bond donors (Lipinski definition) is 5. The van der Waals surface area contributed by atoms with Gasteiger partial charge >= 0.3 is 12.4 Å². The van der Waals surface area contributed by atoms with Crippen LogP contribution < -0.4 is 22.1 Å². The molecule has 0 aliphatic heterocycles. The number of aliphatic hydroxyl groups is 1. The predicted molar refractivity (Wildman–Crippen MR) is 216 cm³/mol. The largest absolute Gasteiger partial charge is 0.416 e. The number of aliphatic hydroxyl groups excluding tert-OH is 1. The molecule has 11 nitrogen and oxygen atoms in total.